The first kappa shape index (κ1) is 19.3. The molecule has 3 heterocycles. The first-order valence-corrected chi connectivity index (χ1v) is 10.0. The van der Waals surface area contributed by atoms with Gasteiger partial charge in [-0.1, -0.05) is 0 Å². The van der Waals surface area contributed by atoms with Gasteiger partial charge in [-0.2, -0.15) is 0 Å². The molecule has 4 rings (SSSR count). The van der Waals surface area contributed by atoms with Crippen LogP contribution in [0.1, 0.15) is 41.9 Å². The van der Waals surface area contributed by atoms with Crippen molar-refractivity contribution in [1.29, 1.82) is 0 Å². The van der Waals surface area contributed by atoms with E-state index < -0.39 is 5.97 Å². The van der Waals surface area contributed by atoms with Gasteiger partial charge in [0.25, 0.3) is 0 Å². The summed E-state index contributed by atoms with van der Waals surface area (Å²) in [6.45, 7) is 7.52. The Bertz CT molecular complexity index is 1120. The van der Waals surface area contributed by atoms with Crippen molar-refractivity contribution < 1.29 is 23.8 Å². The second kappa shape index (κ2) is 7.40. The smallest absolute Gasteiger partial charge is 0.339 e. The summed E-state index contributed by atoms with van der Waals surface area (Å²) in [7, 11) is 0. The zero-order chi connectivity index (χ0) is 20.7. The predicted octanol–water partition coefficient (Wildman–Crippen LogP) is 4.54. The van der Waals surface area contributed by atoms with Crippen molar-refractivity contribution in [2.45, 2.75) is 27.7 Å². The molecule has 0 spiro atoms. The first-order valence-electron chi connectivity index (χ1n) is 9.21. The van der Waals surface area contributed by atoms with E-state index in [1.54, 1.807) is 6.07 Å². The third-order valence-electron chi connectivity index (χ3n) is 4.94. The van der Waals surface area contributed by atoms with Crippen LogP contribution in [0.5, 0.6) is 11.5 Å². The van der Waals surface area contributed by atoms with Crippen molar-refractivity contribution in [1.82, 2.24) is 4.57 Å². The standard InChI is InChI=1S/C22H21NO5S/c1-12-7-17(19(24)10-26-22(25)18-8-13(2)29-15(18)4)14(3)23(12)16-5-6-20-21(9-16)28-11-27-20/h5-9H,10-11H2,1-4H3. The minimum absolute atomic E-state index is 0.209. The summed E-state index contributed by atoms with van der Waals surface area (Å²) in [4.78, 5) is 27.0. The fraction of sp³-hybridized carbons (Fsp3) is 0.273. The van der Waals surface area contributed by atoms with Crippen LogP contribution in [-0.2, 0) is 4.74 Å². The van der Waals surface area contributed by atoms with Crippen molar-refractivity contribution in [2.24, 2.45) is 0 Å². The van der Waals surface area contributed by atoms with Crippen LogP contribution in [0.4, 0.5) is 0 Å². The Morgan fingerprint density at radius 1 is 1.03 bits per heavy atom. The van der Waals surface area contributed by atoms with Gasteiger partial charge in [0.15, 0.2) is 18.1 Å². The van der Waals surface area contributed by atoms with E-state index in [-0.39, 0.29) is 19.2 Å². The second-order valence-electron chi connectivity index (χ2n) is 6.98. The van der Waals surface area contributed by atoms with E-state index in [1.165, 1.54) is 11.3 Å². The number of aromatic nitrogens is 1. The molecule has 0 radical (unpaired) electrons. The number of hydrogen-bond acceptors (Lipinski definition) is 6. The van der Waals surface area contributed by atoms with E-state index in [0.29, 0.717) is 22.6 Å². The van der Waals surface area contributed by atoms with Gasteiger partial charge in [-0.3, -0.25) is 4.79 Å². The zero-order valence-electron chi connectivity index (χ0n) is 16.7. The Kier molecular flexibility index (Phi) is 4.92. The predicted molar refractivity (Wildman–Crippen MR) is 110 cm³/mol. The number of ketones is 1. The normalized spacial score (nSPS) is 12.3. The molecular formula is C22H21NO5S. The maximum Gasteiger partial charge on any atom is 0.339 e. The summed E-state index contributed by atoms with van der Waals surface area (Å²) in [6, 6.07) is 9.27. The number of ether oxygens (including phenoxy) is 3. The minimum Gasteiger partial charge on any atom is -0.454 e. The van der Waals surface area contributed by atoms with Crippen LogP contribution in [0, 0.1) is 27.7 Å². The number of aryl methyl sites for hydroxylation is 3. The van der Waals surface area contributed by atoms with E-state index in [9.17, 15) is 9.59 Å². The van der Waals surface area contributed by atoms with Gasteiger partial charge in [-0.25, -0.2) is 4.79 Å². The van der Waals surface area contributed by atoms with E-state index in [1.807, 2.05) is 56.5 Å². The zero-order valence-corrected chi connectivity index (χ0v) is 17.5. The quantitative estimate of drug-likeness (QED) is 0.455. The third-order valence-corrected chi connectivity index (χ3v) is 5.91. The van der Waals surface area contributed by atoms with Gasteiger partial charge in [0, 0.05) is 38.5 Å². The summed E-state index contributed by atoms with van der Waals surface area (Å²) in [5.41, 5.74) is 3.62. The van der Waals surface area contributed by atoms with Crippen molar-refractivity contribution in [3.63, 3.8) is 0 Å². The molecule has 29 heavy (non-hydrogen) atoms. The molecule has 0 amide bonds. The first-order chi connectivity index (χ1) is 13.8. The molecule has 2 aromatic heterocycles. The number of benzene rings is 1. The Morgan fingerprint density at radius 2 is 1.79 bits per heavy atom. The highest BCUT2D eigenvalue weighted by molar-refractivity contribution is 7.12. The number of carbonyl (C=O) groups is 2. The molecule has 1 aliphatic rings. The summed E-state index contributed by atoms with van der Waals surface area (Å²) < 4.78 is 18.1. The lowest BCUT2D eigenvalue weighted by atomic mass is 10.1. The average molecular weight is 411 g/mol. The van der Waals surface area contributed by atoms with Crippen LogP contribution in [0.15, 0.2) is 30.3 Å². The van der Waals surface area contributed by atoms with Gasteiger partial charge in [0.2, 0.25) is 12.6 Å². The summed E-state index contributed by atoms with van der Waals surface area (Å²) in [5.74, 6) is 0.685. The molecule has 0 unspecified atom stereocenters. The van der Waals surface area contributed by atoms with E-state index in [0.717, 1.165) is 26.8 Å². The van der Waals surface area contributed by atoms with Crippen molar-refractivity contribution in [2.75, 3.05) is 13.4 Å². The topological polar surface area (TPSA) is 66.8 Å². The van der Waals surface area contributed by atoms with Crippen LogP contribution in [0.3, 0.4) is 0 Å². The maximum absolute atomic E-state index is 12.7. The van der Waals surface area contributed by atoms with Crippen LogP contribution >= 0.6 is 11.3 Å². The lowest BCUT2D eigenvalue weighted by Crippen LogP contribution is -2.15. The fourth-order valence-electron chi connectivity index (χ4n) is 3.59. The van der Waals surface area contributed by atoms with Crippen molar-refractivity contribution >= 4 is 23.1 Å². The lowest BCUT2D eigenvalue weighted by Gasteiger charge is -2.11. The monoisotopic (exact) mass is 411 g/mol. The fourth-order valence-corrected chi connectivity index (χ4v) is 4.50. The number of hydrogen-bond donors (Lipinski definition) is 0. The summed E-state index contributed by atoms with van der Waals surface area (Å²) in [6.07, 6.45) is 0. The molecule has 0 N–H and O–H groups in total. The van der Waals surface area contributed by atoms with E-state index in [4.69, 9.17) is 14.2 Å². The van der Waals surface area contributed by atoms with E-state index >= 15 is 0 Å². The van der Waals surface area contributed by atoms with Crippen molar-refractivity contribution in [3.05, 3.63) is 62.6 Å². The number of rotatable bonds is 5. The van der Waals surface area contributed by atoms with Crippen LogP contribution < -0.4 is 9.47 Å². The largest absolute Gasteiger partial charge is 0.454 e. The molecule has 1 aromatic carbocycles. The molecule has 150 valence electrons. The number of esters is 1. The Morgan fingerprint density at radius 3 is 2.52 bits per heavy atom. The molecule has 1 aliphatic heterocycles. The third kappa shape index (κ3) is 3.53. The molecule has 7 heteroatoms. The van der Waals surface area contributed by atoms with Gasteiger partial charge in [0.1, 0.15) is 0 Å². The molecule has 3 aromatic rings. The molecule has 0 aliphatic carbocycles. The number of Topliss-reactive ketones (excluding diaryl/α,β-unsaturated/α-hetero) is 1. The molecule has 0 atom stereocenters. The number of fused-ring (bicyclic) bond motifs is 1. The van der Waals surface area contributed by atoms with Crippen LogP contribution in [0.2, 0.25) is 0 Å². The van der Waals surface area contributed by atoms with Gasteiger partial charge >= 0.3 is 5.97 Å². The second-order valence-corrected chi connectivity index (χ2v) is 8.44. The van der Waals surface area contributed by atoms with E-state index in [2.05, 4.69) is 0 Å². The molecule has 0 saturated carbocycles. The summed E-state index contributed by atoms with van der Waals surface area (Å²) in [5, 5.41) is 0. The highest BCUT2D eigenvalue weighted by Crippen LogP contribution is 2.35. The van der Waals surface area contributed by atoms with Gasteiger partial charge < -0.3 is 18.8 Å². The Balaban J connectivity index is 1.53. The lowest BCUT2D eigenvalue weighted by molar-refractivity contribution is 0.0474. The Hall–Kier alpha value is -3.06. The molecule has 6 nitrogen and oxygen atoms in total. The number of thiophene rings is 1. The SMILES string of the molecule is Cc1cc(C(=O)OCC(=O)c2cc(C)n(-c3ccc4c(c3)OCO4)c2C)c(C)s1. The van der Waals surface area contributed by atoms with Crippen LogP contribution in [-0.4, -0.2) is 29.7 Å². The molecule has 0 bridgehead atoms. The highest BCUT2D eigenvalue weighted by atomic mass is 32.1. The summed E-state index contributed by atoms with van der Waals surface area (Å²) >= 11 is 1.53. The highest BCUT2D eigenvalue weighted by Gasteiger charge is 2.21. The molecule has 0 fully saturated rings. The Labute approximate surface area is 172 Å². The van der Waals surface area contributed by atoms with Crippen LogP contribution in [0.25, 0.3) is 5.69 Å². The number of carbonyl (C=O) groups excluding carboxylic acids is 2. The minimum atomic E-state index is -0.468. The van der Waals surface area contributed by atoms with Gasteiger partial charge in [-0.05, 0) is 52.0 Å². The molecule has 0 saturated heterocycles. The maximum atomic E-state index is 12.7. The molecular weight excluding hydrogens is 390 g/mol. The number of nitrogens with zero attached hydrogens (tertiary/aromatic N) is 1. The van der Waals surface area contributed by atoms with Gasteiger partial charge in [-0.15, -0.1) is 11.3 Å². The van der Waals surface area contributed by atoms with Crippen molar-refractivity contribution in [3.8, 4) is 17.2 Å². The average Bonchev–Trinajstić information content (AvgIpc) is 3.36. The van der Waals surface area contributed by atoms with Gasteiger partial charge in [0.05, 0.1) is 5.56 Å².